The summed E-state index contributed by atoms with van der Waals surface area (Å²) in [5, 5.41) is -0.426. The summed E-state index contributed by atoms with van der Waals surface area (Å²) in [4.78, 5) is 40.8. The molecule has 3 amide bonds. The molecule has 0 bridgehead atoms. The van der Waals surface area contributed by atoms with Gasteiger partial charge < -0.3 is 18.9 Å². The maximum atomic E-state index is 12.9. The summed E-state index contributed by atoms with van der Waals surface area (Å²) in [6.45, 7) is 5.58. The summed E-state index contributed by atoms with van der Waals surface area (Å²) >= 11 is 0.865. The Morgan fingerprint density at radius 2 is 1.94 bits per heavy atom. The normalized spacial score (nSPS) is 18.0. The first kappa shape index (κ1) is 22.2. The van der Waals surface area contributed by atoms with Crippen LogP contribution in [0.2, 0.25) is 0 Å². The van der Waals surface area contributed by atoms with E-state index < -0.39 is 11.1 Å². The summed E-state index contributed by atoms with van der Waals surface area (Å²) < 4.78 is 12.6. The van der Waals surface area contributed by atoms with E-state index in [2.05, 4.69) is 4.57 Å². The first-order valence-electron chi connectivity index (χ1n) is 10.3. The van der Waals surface area contributed by atoms with Crippen LogP contribution in [0.5, 0.6) is 5.75 Å². The highest BCUT2D eigenvalue weighted by Crippen LogP contribution is 2.34. The van der Waals surface area contributed by atoms with Gasteiger partial charge in [0.05, 0.1) is 25.2 Å². The second-order valence-corrected chi connectivity index (χ2v) is 8.62. The molecule has 0 aliphatic carbocycles. The fourth-order valence-corrected chi connectivity index (χ4v) is 4.74. The van der Waals surface area contributed by atoms with Crippen molar-refractivity contribution in [2.45, 2.75) is 13.8 Å². The number of amides is 3. The third kappa shape index (κ3) is 4.31. The van der Waals surface area contributed by atoms with Crippen molar-refractivity contribution in [3.05, 3.63) is 52.2 Å². The Bertz CT molecular complexity index is 1100. The molecule has 0 unspecified atom stereocenters. The molecule has 0 radical (unpaired) electrons. The molecule has 2 saturated heterocycles. The smallest absolute Gasteiger partial charge is 0.294 e. The number of aryl methyl sites for hydroxylation is 1. The zero-order chi connectivity index (χ0) is 22.8. The number of carbonyl (C=O) groups is 3. The van der Waals surface area contributed by atoms with E-state index in [9.17, 15) is 14.4 Å². The zero-order valence-corrected chi connectivity index (χ0v) is 19.1. The first-order valence-corrected chi connectivity index (χ1v) is 11.1. The Balaban J connectivity index is 1.56. The molecule has 2 aliphatic rings. The average molecular weight is 456 g/mol. The predicted molar refractivity (Wildman–Crippen MR) is 122 cm³/mol. The highest BCUT2D eigenvalue weighted by molar-refractivity contribution is 8.18. The molecule has 0 N–H and O–H groups in total. The molecule has 2 aromatic rings. The lowest BCUT2D eigenvalue weighted by Gasteiger charge is -2.28. The third-order valence-corrected chi connectivity index (χ3v) is 6.51. The minimum atomic E-state index is -0.437. The monoisotopic (exact) mass is 455 g/mol. The number of methoxy groups -OCH3 is 1. The minimum absolute atomic E-state index is 0.243. The number of carbonyl (C=O) groups excluding carboxylic acids is 3. The van der Waals surface area contributed by atoms with Crippen molar-refractivity contribution in [1.82, 2.24) is 14.4 Å². The van der Waals surface area contributed by atoms with Gasteiger partial charge in [0, 0.05) is 36.2 Å². The molecular weight excluding hydrogens is 430 g/mol. The molecule has 9 heteroatoms. The van der Waals surface area contributed by atoms with Crippen molar-refractivity contribution in [2.24, 2.45) is 0 Å². The number of hydrogen-bond acceptors (Lipinski definition) is 6. The van der Waals surface area contributed by atoms with Crippen LogP contribution >= 0.6 is 11.8 Å². The van der Waals surface area contributed by atoms with Crippen molar-refractivity contribution < 1.29 is 23.9 Å². The van der Waals surface area contributed by atoms with Crippen LogP contribution in [0.4, 0.5) is 4.79 Å². The molecule has 0 atom stereocenters. The summed E-state index contributed by atoms with van der Waals surface area (Å²) in [5.74, 6) is 0.0726. The van der Waals surface area contributed by atoms with Gasteiger partial charge in [0.25, 0.3) is 11.1 Å². The Morgan fingerprint density at radius 1 is 1.19 bits per heavy atom. The van der Waals surface area contributed by atoms with Crippen LogP contribution in [0.15, 0.2) is 35.2 Å². The number of morpholine rings is 1. The van der Waals surface area contributed by atoms with E-state index in [1.165, 1.54) is 0 Å². The van der Waals surface area contributed by atoms with E-state index in [-0.39, 0.29) is 12.5 Å². The number of nitrogens with zero attached hydrogens (tertiary/aromatic N) is 3. The molecule has 32 heavy (non-hydrogen) atoms. The van der Waals surface area contributed by atoms with Crippen LogP contribution in [0.3, 0.4) is 0 Å². The number of ether oxygens (including phenoxy) is 2. The molecule has 4 rings (SSSR count). The predicted octanol–water partition coefficient (Wildman–Crippen LogP) is 3.00. The van der Waals surface area contributed by atoms with Gasteiger partial charge in [-0.15, -0.1) is 0 Å². The number of hydrogen-bond donors (Lipinski definition) is 0. The number of imide groups is 1. The lowest BCUT2D eigenvalue weighted by molar-refractivity contribution is -0.139. The van der Waals surface area contributed by atoms with E-state index in [0.29, 0.717) is 31.2 Å². The number of aromatic nitrogens is 1. The third-order valence-electron chi connectivity index (χ3n) is 5.60. The van der Waals surface area contributed by atoms with Crippen molar-refractivity contribution in [3.8, 4) is 11.4 Å². The summed E-state index contributed by atoms with van der Waals surface area (Å²) in [6.07, 6.45) is 1.73. The lowest BCUT2D eigenvalue weighted by Crippen LogP contribution is -2.46. The Kier molecular flexibility index (Phi) is 6.38. The van der Waals surface area contributed by atoms with Crippen LogP contribution in [0.1, 0.15) is 17.0 Å². The molecule has 0 saturated carbocycles. The van der Waals surface area contributed by atoms with Crippen molar-refractivity contribution in [3.63, 3.8) is 0 Å². The fraction of sp³-hybridized carbons (Fsp3) is 0.348. The van der Waals surface area contributed by atoms with E-state index in [1.807, 2.05) is 44.2 Å². The second kappa shape index (κ2) is 9.22. The Labute approximate surface area is 190 Å². The minimum Gasteiger partial charge on any atom is -0.497 e. The molecule has 168 valence electrons. The summed E-state index contributed by atoms with van der Waals surface area (Å²) in [5.41, 5.74) is 3.72. The van der Waals surface area contributed by atoms with E-state index >= 15 is 0 Å². The molecule has 2 aliphatic heterocycles. The van der Waals surface area contributed by atoms with Gasteiger partial charge in [-0.2, -0.15) is 0 Å². The molecule has 8 nitrogen and oxygen atoms in total. The first-order chi connectivity index (χ1) is 15.4. The van der Waals surface area contributed by atoms with Crippen LogP contribution in [-0.2, 0) is 14.3 Å². The fourth-order valence-electron chi connectivity index (χ4n) is 3.91. The lowest BCUT2D eigenvalue weighted by atomic mass is 10.2. The second-order valence-electron chi connectivity index (χ2n) is 7.62. The quantitative estimate of drug-likeness (QED) is 0.645. The average Bonchev–Trinajstić information content (AvgIpc) is 3.23. The van der Waals surface area contributed by atoms with E-state index in [0.717, 1.165) is 45.1 Å². The van der Waals surface area contributed by atoms with Crippen molar-refractivity contribution in [2.75, 3.05) is 40.0 Å². The van der Waals surface area contributed by atoms with Crippen molar-refractivity contribution >= 4 is 34.9 Å². The van der Waals surface area contributed by atoms with E-state index in [4.69, 9.17) is 9.47 Å². The van der Waals surface area contributed by atoms with Crippen LogP contribution in [0.25, 0.3) is 11.8 Å². The van der Waals surface area contributed by atoms with Gasteiger partial charge in [0.1, 0.15) is 12.3 Å². The van der Waals surface area contributed by atoms with Gasteiger partial charge in [0.15, 0.2) is 0 Å². The largest absolute Gasteiger partial charge is 0.497 e. The highest BCUT2D eigenvalue weighted by Gasteiger charge is 2.37. The van der Waals surface area contributed by atoms with Gasteiger partial charge in [-0.25, -0.2) is 0 Å². The SMILES string of the molecule is COc1cccc(-n2c(C)cc(/C=C3\SC(=O)N(CC(=O)N4CCOCC4)C3=O)c2C)c1. The number of benzene rings is 1. The molecule has 3 heterocycles. The number of thioether (sulfide) groups is 1. The summed E-state index contributed by atoms with van der Waals surface area (Å²) in [6, 6.07) is 9.70. The topological polar surface area (TPSA) is 81.1 Å². The summed E-state index contributed by atoms with van der Waals surface area (Å²) in [7, 11) is 1.62. The zero-order valence-electron chi connectivity index (χ0n) is 18.3. The van der Waals surface area contributed by atoms with Crippen LogP contribution in [-0.4, -0.2) is 71.4 Å². The highest BCUT2D eigenvalue weighted by atomic mass is 32.2. The van der Waals surface area contributed by atoms with Crippen molar-refractivity contribution in [1.29, 1.82) is 0 Å². The van der Waals surface area contributed by atoms with Gasteiger partial charge in [0.2, 0.25) is 5.91 Å². The molecule has 1 aromatic heterocycles. The Morgan fingerprint density at radius 3 is 2.66 bits per heavy atom. The van der Waals surface area contributed by atoms with Crippen LogP contribution in [0, 0.1) is 13.8 Å². The molecule has 1 aromatic carbocycles. The number of rotatable bonds is 5. The maximum absolute atomic E-state index is 12.9. The van der Waals surface area contributed by atoms with Crippen LogP contribution < -0.4 is 4.74 Å². The van der Waals surface area contributed by atoms with Gasteiger partial charge in [-0.05, 0) is 55.4 Å². The maximum Gasteiger partial charge on any atom is 0.294 e. The molecule has 0 spiro atoms. The van der Waals surface area contributed by atoms with Gasteiger partial charge >= 0.3 is 0 Å². The van der Waals surface area contributed by atoms with E-state index in [1.54, 1.807) is 18.1 Å². The molecular formula is C23H25N3O5S. The van der Waals surface area contributed by atoms with Gasteiger partial charge in [-0.1, -0.05) is 6.07 Å². The Hall–Kier alpha value is -3.04. The molecule has 2 fully saturated rings. The standard InChI is InChI=1S/C23H25N3O5S/c1-15-11-17(16(2)26(15)18-5-4-6-19(13-18)30-3)12-20-22(28)25(23(29)32-20)14-21(27)24-7-9-31-10-8-24/h4-6,11-13H,7-10,14H2,1-3H3/b20-12-. The van der Waals surface area contributed by atoms with Gasteiger partial charge in [-0.3, -0.25) is 19.3 Å².